The van der Waals surface area contributed by atoms with Crippen molar-refractivity contribution in [2.24, 2.45) is 0 Å². The third-order valence-corrected chi connectivity index (χ3v) is 3.59. The van der Waals surface area contributed by atoms with Crippen molar-refractivity contribution in [2.75, 3.05) is 18.7 Å². The number of benzene rings is 2. The maximum Gasteiger partial charge on any atom is 0.416 e. The molecule has 0 radical (unpaired) electrons. The van der Waals surface area contributed by atoms with Gasteiger partial charge in [-0.1, -0.05) is 11.6 Å². The zero-order valence-electron chi connectivity index (χ0n) is 13.7. The second-order valence-electron chi connectivity index (χ2n) is 5.07. The number of anilines is 1. The van der Waals surface area contributed by atoms with Crippen LogP contribution in [0.4, 0.5) is 24.5 Å². The van der Waals surface area contributed by atoms with E-state index in [2.05, 4.69) is 0 Å². The molecule has 6 nitrogen and oxygen atoms in total. The molecule has 0 amide bonds. The first-order chi connectivity index (χ1) is 12.1. The van der Waals surface area contributed by atoms with Crippen LogP contribution in [0.2, 0.25) is 5.02 Å². The summed E-state index contributed by atoms with van der Waals surface area (Å²) in [4.78, 5) is 15.8. The zero-order chi connectivity index (χ0) is 19.5. The van der Waals surface area contributed by atoms with Crippen molar-refractivity contribution in [1.82, 2.24) is 0 Å². The van der Waals surface area contributed by atoms with Gasteiger partial charge in [0.15, 0.2) is 0 Å². The van der Waals surface area contributed by atoms with Crippen LogP contribution in [0.1, 0.15) is 12.5 Å². The predicted octanol–water partition coefficient (Wildman–Crippen LogP) is 5.45. The van der Waals surface area contributed by atoms with Crippen LogP contribution < -0.4 is 9.80 Å². The molecule has 0 atom stereocenters. The van der Waals surface area contributed by atoms with E-state index in [0.29, 0.717) is 0 Å². The minimum absolute atomic E-state index is 0.0152. The highest BCUT2D eigenvalue weighted by atomic mass is 35.5. The number of nitro benzene ring substituents is 1. The van der Waals surface area contributed by atoms with Crippen molar-refractivity contribution < 1.29 is 27.7 Å². The number of nitro groups is 1. The number of nitrogens with zero attached hydrogens (tertiary/aromatic N) is 2. The van der Waals surface area contributed by atoms with Crippen LogP contribution in [0.25, 0.3) is 0 Å². The minimum Gasteiger partial charge on any atom is -0.456 e. The Morgan fingerprint density at radius 3 is 2.46 bits per heavy atom. The molecule has 10 heteroatoms. The second-order valence-corrected chi connectivity index (χ2v) is 5.48. The van der Waals surface area contributed by atoms with Gasteiger partial charge in [-0.25, -0.2) is 0 Å². The van der Waals surface area contributed by atoms with Gasteiger partial charge in [-0.2, -0.15) is 13.2 Å². The lowest BCUT2D eigenvalue weighted by Crippen LogP contribution is -2.18. The van der Waals surface area contributed by atoms with Crippen LogP contribution in [0.15, 0.2) is 36.4 Å². The fraction of sp³-hybridized carbons (Fsp3) is 0.250. The molecule has 0 spiro atoms. The number of hydrogen-bond acceptors (Lipinski definition) is 5. The predicted molar refractivity (Wildman–Crippen MR) is 89.7 cm³/mol. The van der Waals surface area contributed by atoms with Crippen LogP contribution in [0, 0.1) is 10.1 Å². The second kappa shape index (κ2) is 7.79. The van der Waals surface area contributed by atoms with Crippen molar-refractivity contribution in [2.45, 2.75) is 13.1 Å². The van der Waals surface area contributed by atoms with Gasteiger partial charge in [0.25, 0.3) is 5.69 Å². The SMILES string of the molecule is CCON(C)c1cc(Oc2ccc(C(F)(F)F)cc2Cl)ccc1[N+](=O)[O-]. The quantitative estimate of drug-likeness (QED) is 0.485. The molecule has 0 heterocycles. The molecule has 2 aromatic carbocycles. The Labute approximate surface area is 151 Å². The smallest absolute Gasteiger partial charge is 0.416 e. The van der Waals surface area contributed by atoms with Gasteiger partial charge in [0.2, 0.25) is 0 Å². The van der Waals surface area contributed by atoms with E-state index in [9.17, 15) is 23.3 Å². The lowest BCUT2D eigenvalue weighted by molar-refractivity contribution is -0.384. The first-order valence-corrected chi connectivity index (χ1v) is 7.71. The molecular formula is C16H14ClF3N2O4. The van der Waals surface area contributed by atoms with Gasteiger partial charge in [-0.3, -0.25) is 20.0 Å². The first kappa shape index (κ1) is 19.8. The van der Waals surface area contributed by atoms with Gasteiger partial charge in [-0.05, 0) is 31.2 Å². The topological polar surface area (TPSA) is 64.8 Å². The number of rotatable bonds is 6. The highest BCUT2D eigenvalue weighted by Crippen LogP contribution is 2.38. The average molecular weight is 391 g/mol. The molecule has 0 unspecified atom stereocenters. The maximum atomic E-state index is 12.7. The molecule has 2 aromatic rings. The molecule has 0 saturated heterocycles. The Hall–Kier alpha value is -2.52. The van der Waals surface area contributed by atoms with E-state index in [1.807, 2.05) is 0 Å². The lowest BCUT2D eigenvalue weighted by atomic mass is 10.2. The summed E-state index contributed by atoms with van der Waals surface area (Å²) in [7, 11) is 1.49. The fourth-order valence-electron chi connectivity index (χ4n) is 2.12. The third-order valence-electron chi connectivity index (χ3n) is 3.29. The van der Waals surface area contributed by atoms with E-state index in [1.54, 1.807) is 6.92 Å². The molecule has 0 fully saturated rings. The molecule has 0 N–H and O–H groups in total. The van der Waals surface area contributed by atoms with Gasteiger partial charge in [0, 0.05) is 19.2 Å². The van der Waals surface area contributed by atoms with Crippen LogP contribution in [0.5, 0.6) is 11.5 Å². The van der Waals surface area contributed by atoms with Crippen LogP contribution in [-0.2, 0) is 11.0 Å². The van der Waals surface area contributed by atoms with Gasteiger partial charge in [-0.15, -0.1) is 0 Å². The van der Waals surface area contributed by atoms with Crippen LogP contribution in [0.3, 0.4) is 0 Å². The zero-order valence-corrected chi connectivity index (χ0v) is 14.5. The third kappa shape index (κ3) is 4.55. The van der Waals surface area contributed by atoms with Gasteiger partial charge in [0.1, 0.15) is 17.2 Å². The number of alkyl halides is 3. The van der Waals surface area contributed by atoms with E-state index in [0.717, 1.165) is 18.2 Å². The molecule has 0 bridgehead atoms. The number of hydroxylamine groups is 1. The largest absolute Gasteiger partial charge is 0.456 e. The Balaban J connectivity index is 2.35. The molecule has 140 valence electrons. The molecule has 0 aliphatic carbocycles. The Kier molecular flexibility index (Phi) is 5.94. The van der Waals surface area contributed by atoms with Crippen LogP contribution in [-0.4, -0.2) is 18.6 Å². The standard InChI is InChI=1S/C16H14ClF3N2O4/c1-3-25-21(2)14-9-11(5-6-13(14)22(23)24)26-15-7-4-10(8-12(15)17)16(18,19)20/h4-9H,3H2,1-2H3. The van der Waals surface area contributed by atoms with Gasteiger partial charge >= 0.3 is 6.18 Å². The van der Waals surface area contributed by atoms with E-state index in [-0.39, 0.29) is 34.5 Å². The normalized spacial score (nSPS) is 11.3. The Morgan fingerprint density at radius 2 is 1.92 bits per heavy atom. The summed E-state index contributed by atoms with van der Waals surface area (Å²) in [6, 6.07) is 6.52. The lowest BCUT2D eigenvalue weighted by Gasteiger charge is -2.18. The Bertz CT molecular complexity index is 815. The van der Waals surface area contributed by atoms with E-state index in [4.69, 9.17) is 21.2 Å². The summed E-state index contributed by atoms with van der Waals surface area (Å²) in [5.74, 6) is 0.136. The van der Waals surface area contributed by atoms with Crippen LogP contribution >= 0.6 is 11.6 Å². The van der Waals surface area contributed by atoms with Crippen molar-refractivity contribution in [3.8, 4) is 11.5 Å². The molecule has 0 aliphatic heterocycles. The molecule has 0 aliphatic rings. The summed E-state index contributed by atoms with van der Waals surface area (Å²) in [5.41, 5.74) is -1.00. The summed E-state index contributed by atoms with van der Waals surface area (Å²) >= 11 is 5.85. The van der Waals surface area contributed by atoms with Crippen molar-refractivity contribution >= 4 is 23.0 Å². The van der Waals surface area contributed by atoms with E-state index in [1.165, 1.54) is 30.3 Å². The van der Waals surface area contributed by atoms with E-state index < -0.39 is 16.7 Å². The van der Waals surface area contributed by atoms with Crippen molar-refractivity contribution in [3.63, 3.8) is 0 Å². The molecule has 0 saturated carbocycles. The molecular weight excluding hydrogens is 377 g/mol. The van der Waals surface area contributed by atoms with Gasteiger partial charge < -0.3 is 4.74 Å². The first-order valence-electron chi connectivity index (χ1n) is 7.33. The minimum atomic E-state index is -4.52. The Morgan fingerprint density at radius 1 is 1.23 bits per heavy atom. The monoisotopic (exact) mass is 390 g/mol. The molecule has 0 aromatic heterocycles. The highest BCUT2D eigenvalue weighted by molar-refractivity contribution is 6.32. The summed E-state index contributed by atoms with van der Waals surface area (Å²) in [6.07, 6.45) is -4.52. The molecule has 26 heavy (non-hydrogen) atoms. The van der Waals surface area contributed by atoms with Crippen molar-refractivity contribution in [3.05, 3.63) is 57.1 Å². The highest BCUT2D eigenvalue weighted by Gasteiger charge is 2.31. The summed E-state index contributed by atoms with van der Waals surface area (Å²) < 4.78 is 43.5. The fourth-order valence-corrected chi connectivity index (χ4v) is 2.34. The molecule has 2 rings (SSSR count). The number of ether oxygens (including phenoxy) is 1. The summed E-state index contributed by atoms with van der Waals surface area (Å²) in [6.45, 7) is 1.99. The van der Waals surface area contributed by atoms with Crippen molar-refractivity contribution in [1.29, 1.82) is 0 Å². The number of hydrogen-bond donors (Lipinski definition) is 0. The summed E-state index contributed by atoms with van der Waals surface area (Å²) in [5, 5.41) is 12.1. The number of halogens is 4. The van der Waals surface area contributed by atoms with Gasteiger partial charge in [0.05, 0.1) is 22.1 Å². The van der Waals surface area contributed by atoms with E-state index >= 15 is 0 Å². The maximum absolute atomic E-state index is 12.7. The average Bonchev–Trinajstić information content (AvgIpc) is 2.55.